The Morgan fingerprint density at radius 3 is 2.80 bits per heavy atom. The van der Waals surface area contributed by atoms with E-state index >= 15 is 0 Å². The Kier molecular flexibility index (Phi) is 5.70. The molecule has 84 valence electrons. The summed E-state index contributed by atoms with van der Waals surface area (Å²) in [5, 5.41) is 0.281. The van der Waals surface area contributed by atoms with E-state index in [0.29, 0.717) is 0 Å². The molecule has 0 aromatic heterocycles. The lowest BCUT2D eigenvalue weighted by Crippen LogP contribution is -1.98. The Morgan fingerprint density at radius 1 is 1.33 bits per heavy atom. The fourth-order valence-corrected chi connectivity index (χ4v) is 2.05. The van der Waals surface area contributed by atoms with Crippen LogP contribution in [0.25, 0.3) is 0 Å². The van der Waals surface area contributed by atoms with E-state index < -0.39 is 0 Å². The fourth-order valence-electron chi connectivity index (χ4n) is 1.68. The van der Waals surface area contributed by atoms with E-state index in [2.05, 4.69) is 6.92 Å². The Balaban J connectivity index is 2.25. The molecule has 1 atom stereocenters. The van der Waals surface area contributed by atoms with Crippen molar-refractivity contribution in [3.05, 3.63) is 35.6 Å². The maximum atomic E-state index is 12.8. The van der Waals surface area contributed by atoms with Crippen LogP contribution in [0.2, 0.25) is 0 Å². The first-order valence-electron chi connectivity index (χ1n) is 5.61. The first-order valence-corrected chi connectivity index (χ1v) is 6.04. The topological polar surface area (TPSA) is 0 Å². The molecule has 1 unspecified atom stereocenters. The van der Waals surface area contributed by atoms with Gasteiger partial charge in [0.05, 0.1) is 0 Å². The van der Waals surface area contributed by atoms with Gasteiger partial charge < -0.3 is 0 Å². The third-order valence-corrected chi connectivity index (χ3v) is 2.91. The van der Waals surface area contributed by atoms with Crippen LogP contribution in [-0.4, -0.2) is 5.38 Å². The summed E-state index contributed by atoms with van der Waals surface area (Å²) >= 11 is 6.10. The van der Waals surface area contributed by atoms with Crippen molar-refractivity contribution in [3.8, 4) is 0 Å². The first kappa shape index (κ1) is 12.5. The number of benzene rings is 1. The second-order valence-corrected chi connectivity index (χ2v) is 4.53. The maximum Gasteiger partial charge on any atom is 0.123 e. The highest BCUT2D eigenvalue weighted by Gasteiger charge is 2.03. The molecule has 0 aliphatic carbocycles. The zero-order chi connectivity index (χ0) is 11.1. The van der Waals surface area contributed by atoms with Crippen molar-refractivity contribution in [2.75, 3.05) is 0 Å². The lowest BCUT2D eigenvalue weighted by molar-refractivity contribution is 0.618. The molecule has 0 aliphatic heterocycles. The van der Waals surface area contributed by atoms with Crippen LogP contribution in [0.3, 0.4) is 0 Å². The molecule has 1 aromatic rings. The van der Waals surface area contributed by atoms with Crippen molar-refractivity contribution >= 4 is 11.6 Å². The molecule has 1 aromatic carbocycles. The Labute approximate surface area is 96.5 Å². The number of rotatable bonds is 6. The minimum absolute atomic E-state index is 0.150. The van der Waals surface area contributed by atoms with Crippen molar-refractivity contribution in [2.45, 2.75) is 44.4 Å². The molecule has 0 radical (unpaired) electrons. The van der Waals surface area contributed by atoms with Gasteiger partial charge in [0.15, 0.2) is 0 Å². The van der Waals surface area contributed by atoms with Gasteiger partial charge in [-0.2, -0.15) is 0 Å². The van der Waals surface area contributed by atoms with Gasteiger partial charge in [-0.15, -0.1) is 11.6 Å². The smallest absolute Gasteiger partial charge is 0.123 e. The summed E-state index contributed by atoms with van der Waals surface area (Å²) in [7, 11) is 0. The normalized spacial score (nSPS) is 12.7. The van der Waals surface area contributed by atoms with Crippen LogP contribution in [0.5, 0.6) is 0 Å². The summed E-state index contributed by atoms with van der Waals surface area (Å²) in [5.74, 6) is -0.150. The van der Waals surface area contributed by atoms with E-state index in [9.17, 15) is 4.39 Å². The molecule has 0 bridgehead atoms. The molecule has 1 rings (SSSR count). The van der Waals surface area contributed by atoms with Crippen LogP contribution in [0.15, 0.2) is 24.3 Å². The molecule has 0 saturated carbocycles. The van der Waals surface area contributed by atoms with Gasteiger partial charge in [0.25, 0.3) is 0 Å². The van der Waals surface area contributed by atoms with E-state index in [4.69, 9.17) is 11.6 Å². The molecular weight excluding hydrogens is 211 g/mol. The van der Waals surface area contributed by atoms with Crippen LogP contribution < -0.4 is 0 Å². The largest absolute Gasteiger partial charge is 0.207 e. The maximum absolute atomic E-state index is 12.8. The van der Waals surface area contributed by atoms with Crippen LogP contribution >= 0.6 is 11.6 Å². The summed E-state index contributed by atoms with van der Waals surface area (Å²) in [6.07, 6.45) is 5.19. The standard InChI is InChI=1S/C13H18ClF/c1-2-5-12(14)8-3-6-11-7-4-9-13(15)10-11/h4,7,9-10,12H,2-3,5-6,8H2,1H3. The SMILES string of the molecule is CCCC(Cl)CCCc1cccc(F)c1. The van der Waals surface area contributed by atoms with Crippen molar-refractivity contribution in [1.82, 2.24) is 0 Å². The monoisotopic (exact) mass is 228 g/mol. The van der Waals surface area contributed by atoms with E-state index in [1.165, 1.54) is 6.07 Å². The fraction of sp³-hybridized carbons (Fsp3) is 0.538. The lowest BCUT2D eigenvalue weighted by atomic mass is 10.1. The summed E-state index contributed by atoms with van der Waals surface area (Å²) in [4.78, 5) is 0. The van der Waals surface area contributed by atoms with Gasteiger partial charge in [-0.1, -0.05) is 25.5 Å². The quantitative estimate of drug-likeness (QED) is 0.627. The molecule has 0 amide bonds. The van der Waals surface area contributed by atoms with E-state index in [0.717, 1.165) is 37.7 Å². The number of halogens is 2. The van der Waals surface area contributed by atoms with Crippen LogP contribution in [-0.2, 0) is 6.42 Å². The number of hydrogen-bond donors (Lipinski definition) is 0. The second kappa shape index (κ2) is 6.84. The lowest BCUT2D eigenvalue weighted by Gasteiger charge is -2.07. The number of hydrogen-bond acceptors (Lipinski definition) is 0. The minimum atomic E-state index is -0.150. The molecule has 15 heavy (non-hydrogen) atoms. The van der Waals surface area contributed by atoms with Gasteiger partial charge in [0.1, 0.15) is 5.82 Å². The molecule has 0 nitrogen and oxygen atoms in total. The van der Waals surface area contributed by atoms with Gasteiger partial charge in [0.2, 0.25) is 0 Å². The molecule has 0 heterocycles. The molecule has 0 N–H and O–H groups in total. The summed E-state index contributed by atoms with van der Waals surface area (Å²) < 4.78 is 12.8. The highest BCUT2D eigenvalue weighted by atomic mass is 35.5. The zero-order valence-electron chi connectivity index (χ0n) is 9.18. The predicted molar refractivity (Wildman–Crippen MR) is 63.9 cm³/mol. The second-order valence-electron chi connectivity index (χ2n) is 3.91. The Bertz CT molecular complexity index is 286. The third kappa shape index (κ3) is 5.17. The average Bonchev–Trinajstić information content (AvgIpc) is 2.18. The van der Waals surface area contributed by atoms with Crippen LogP contribution in [0.4, 0.5) is 4.39 Å². The van der Waals surface area contributed by atoms with E-state index in [-0.39, 0.29) is 11.2 Å². The molecule has 0 spiro atoms. The summed E-state index contributed by atoms with van der Waals surface area (Å²) in [6, 6.07) is 6.80. The Morgan fingerprint density at radius 2 is 2.13 bits per heavy atom. The molecule has 0 aliphatic rings. The van der Waals surface area contributed by atoms with Crippen molar-refractivity contribution in [1.29, 1.82) is 0 Å². The number of alkyl halides is 1. The molecule has 0 saturated heterocycles. The summed E-state index contributed by atoms with van der Waals surface area (Å²) in [6.45, 7) is 2.14. The third-order valence-electron chi connectivity index (χ3n) is 2.47. The van der Waals surface area contributed by atoms with Crippen LogP contribution in [0, 0.1) is 5.82 Å². The summed E-state index contributed by atoms with van der Waals surface area (Å²) in [5.41, 5.74) is 1.07. The van der Waals surface area contributed by atoms with Crippen molar-refractivity contribution in [2.24, 2.45) is 0 Å². The first-order chi connectivity index (χ1) is 7.22. The zero-order valence-corrected chi connectivity index (χ0v) is 9.93. The Hall–Kier alpha value is -0.560. The highest BCUT2D eigenvalue weighted by Crippen LogP contribution is 2.14. The molecule has 2 heteroatoms. The van der Waals surface area contributed by atoms with Gasteiger partial charge in [0, 0.05) is 5.38 Å². The van der Waals surface area contributed by atoms with Gasteiger partial charge in [-0.25, -0.2) is 4.39 Å². The van der Waals surface area contributed by atoms with Crippen LogP contribution in [0.1, 0.15) is 38.2 Å². The van der Waals surface area contributed by atoms with E-state index in [1.807, 2.05) is 6.07 Å². The van der Waals surface area contributed by atoms with Gasteiger partial charge >= 0.3 is 0 Å². The van der Waals surface area contributed by atoms with Crippen molar-refractivity contribution in [3.63, 3.8) is 0 Å². The van der Waals surface area contributed by atoms with Gasteiger partial charge in [-0.05, 0) is 43.4 Å². The predicted octanol–water partition coefficient (Wildman–Crippen LogP) is 4.56. The molecular formula is C13H18ClF. The van der Waals surface area contributed by atoms with Gasteiger partial charge in [-0.3, -0.25) is 0 Å². The van der Waals surface area contributed by atoms with Crippen molar-refractivity contribution < 1.29 is 4.39 Å². The molecule has 0 fully saturated rings. The number of aryl methyl sites for hydroxylation is 1. The average molecular weight is 229 g/mol. The minimum Gasteiger partial charge on any atom is -0.207 e. The van der Waals surface area contributed by atoms with E-state index in [1.54, 1.807) is 12.1 Å². The highest BCUT2D eigenvalue weighted by molar-refractivity contribution is 6.20.